The standard InChI is InChI=1S/C18H30N4O2.2ClH/c1-15-11-16(24-20-15)13-21-7-9-22(10-8-21)17(23)12-18(14-19)5-3-2-4-6-18;;/h11H,2-10,12-14,19H2,1H3;2*1H. The summed E-state index contributed by atoms with van der Waals surface area (Å²) in [5.41, 5.74) is 7.01. The van der Waals surface area contributed by atoms with Crippen molar-refractivity contribution in [3.05, 3.63) is 17.5 Å². The van der Waals surface area contributed by atoms with Crippen molar-refractivity contribution in [2.45, 2.75) is 52.0 Å². The van der Waals surface area contributed by atoms with Gasteiger partial charge in [0.1, 0.15) is 0 Å². The molecule has 1 aromatic rings. The van der Waals surface area contributed by atoms with E-state index in [1.54, 1.807) is 0 Å². The van der Waals surface area contributed by atoms with Gasteiger partial charge in [-0.3, -0.25) is 9.69 Å². The van der Waals surface area contributed by atoms with Crippen LogP contribution in [0.15, 0.2) is 10.6 Å². The summed E-state index contributed by atoms with van der Waals surface area (Å²) < 4.78 is 5.28. The first-order chi connectivity index (χ1) is 11.6. The minimum Gasteiger partial charge on any atom is -0.360 e. The zero-order valence-electron chi connectivity index (χ0n) is 15.6. The number of carbonyl (C=O) groups excluding carboxylic acids is 1. The quantitative estimate of drug-likeness (QED) is 0.813. The number of aryl methyl sites for hydroxylation is 1. The minimum atomic E-state index is 0. The monoisotopic (exact) mass is 406 g/mol. The van der Waals surface area contributed by atoms with E-state index in [1.807, 2.05) is 17.9 Å². The maximum absolute atomic E-state index is 12.7. The topological polar surface area (TPSA) is 75.6 Å². The van der Waals surface area contributed by atoms with Crippen LogP contribution >= 0.6 is 24.8 Å². The lowest BCUT2D eigenvalue weighted by molar-refractivity contribution is -0.136. The molecule has 1 amide bonds. The van der Waals surface area contributed by atoms with Gasteiger partial charge in [0, 0.05) is 38.7 Å². The molecule has 2 aliphatic rings. The van der Waals surface area contributed by atoms with Crippen LogP contribution in [0.1, 0.15) is 50.0 Å². The lowest BCUT2D eigenvalue weighted by Gasteiger charge is -2.39. The second-order valence-electron chi connectivity index (χ2n) is 7.53. The van der Waals surface area contributed by atoms with Crippen molar-refractivity contribution in [3.8, 4) is 0 Å². The highest BCUT2D eigenvalue weighted by Crippen LogP contribution is 2.38. The number of aromatic nitrogens is 1. The number of hydrogen-bond donors (Lipinski definition) is 1. The van der Waals surface area contributed by atoms with E-state index in [4.69, 9.17) is 10.3 Å². The molecule has 1 saturated heterocycles. The van der Waals surface area contributed by atoms with Gasteiger partial charge in [-0.25, -0.2) is 0 Å². The van der Waals surface area contributed by atoms with Gasteiger partial charge >= 0.3 is 0 Å². The third kappa shape index (κ3) is 5.84. The summed E-state index contributed by atoms with van der Waals surface area (Å²) in [4.78, 5) is 17.1. The molecule has 8 heteroatoms. The third-order valence-corrected chi connectivity index (χ3v) is 5.65. The fourth-order valence-electron chi connectivity index (χ4n) is 4.05. The average molecular weight is 407 g/mol. The Morgan fingerprint density at radius 1 is 1.19 bits per heavy atom. The lowest BCUT2D eigenvalue weighted by Crippen LogP contribution is -2.50. The highest BCUT2D eigenvalue weighted by Gasteiger charge is 2.35. The van der Waals surface area contributed by atoms with E-state index in [9.17, 15) is 4.79 Å². The molecular formula is C18H32Cl2N4O2. The molecule has 1 saturated carbocycles. The van der Waals surface area contributed by atoms with Crippen LogP contribution in [-0.4, -0.2) is 53.6 Å². The zero-order valence-corrected chi connectivity index (χ0v) is 17.2. The van der Waals surface area contributed by atoms with Crippen LogP contribution in [0.25, 0.3) is 0 Å². The first kappa shape index (κ1) is 23.2. The Morgan fingerprint density at radius 3 is 2.38 bits per heavy atom. The molecule has 26 heavy (non-hydrogen) atoms. The number of nitrogens with zero attached hydrogens (tertiary/aromatic N) is 3. The van der Waals surface area contributed by atoms with E-state index < -0.39 is 0 Å². The van der Waals surface area contributed by atoms with Gasteiger partial charge in [0.2, 0.25) is 5.91 Å². The van der Waals surface area contributed by atoms with Crippen LogP contribution in [0.4, 0.5) is 0 Å². The van der Waals surface area contributed by atoms with Crippen molar-refractivity contribution in [1.82, 2.24) is 15.0 Å². The van der Waals surface area contributed by atoms with Crippen LogP contribution < -0.4 is 5.73 Å². The summed E-state index contributed by atoms with van der Waals surface area (Å²) in [5, 5.41) is 3.93. The average Bonchev–Trinajstić information content (AvgIpc) is 3.01. The maximum atomic E-state index is 12.7. The molecule has 1 aliphatic heterocycles. The van der Waals surface area contributed by atoms with E-state index in [0.717, 1.165) is 57.0 Å². The molecule has 2 fully saturated rings. The molecule has 1 aliphatic carbocycles. The molecule has 2 N–H and O–H groups in total. The van der Waals surface area contributed by atoms with Crippen LogP contribution in [-0.2, 0) is 11.3 Å². The van der Waals surface area contributed by atoms with Gasteiger partial charge < -0.3 is 15.2 Å². The lowest BCUT2D eigenvalue weighted by atomic mass is 9.71. The Hall–Kier alpha value is -0.820. The molecule has 150 valence electrons. The largest absolute Gasteiger partial charge is 0.360 e. The van der Waals surface area contributed by atoms with Crippen molar-refractivity contribution in [2.75, 3.05) is 32.7 Å². The number of piperazine rings is 1. The molecule has 0 radical (unpaired) electrons. The molecule has 0 unspecified atom stereocenters. The fourth-order valence-corrected chi connectivity index (χ4v) is 4.05. The first-order valence-corrected chi connectivity index (χ1v) is 9.23. The maximum Gasteiger partial charge on any atom is 0.223 e. The SMILES string of the molecule is Cc1cc(CN2CCN(C(=O)CC3(CN)CCCCC3)CC2)on1.Cl.Cl. The molecular weight excluding hydrogens is 375 g/mol. The Kier molecular flexibility index (Phi) is 9.38. The Labute approximate surface area is 168 Å². The molecule has 0 bridgehead atoms. The van der Waals surface area contributed by atoms with Gasteiger partial charge in [-0.05, 0) is 31.7 Å². The normalized spacial score (nSPS) is 20.2. The molecule has 1 aromatic heterocycles. The summed E-state index contributed by atoms with van der Waals surface area (Å²) in [6, 6.07) is 1.98. The van der Waals surface area contributed by atoms with E-state index in [1.165, 1.54) is 19.3 Å². The zero-order chi connectivity index (χ0) is 17.0. The molecule has 0 atom stereocenters. The van der Waals surface area contributed by atoms with Gasteiger partial charge in [0.25, 0.3) is 0 Å². The summed E-state index contributed by atoms with van der Waals surface area (Å²) in [6.45, 7) is 6.72. The second-order valence-corrected chi connectivity index (χ2v) is 7.53. The van der Waals surface area contributed by atoms with E-state index in [2.05, 4.69) is 10.1 Å². The van der Waals surface area contributed by atoms with Gasteiger partial charge in [-0.15, -0.1) is 24.8 Å². The number of halogens is 2. The van der Waals surface area contributed by atoms with Crippen molar-refractivity contribution in [1.29, 1.82) is 0 Å². The summed E-state index contributed by atoms with van der Waals surface area (Å²) >= 11 is 0. The van der Waals surface area contributed by atoms with Crippen LogP contribution in [0.3, 0.4) is 0 Å². The van der Waals surface area contributed by atoms with Crippen molar-refractivity contribution < 1.29 is 9.32 Å². The van der Waals surface area contributed by atoms with E-state index in [0.29, 0.717) is 13.0 Å². The van der Waals surface area contributed by atoms with E-state index in [-0.39, 0.29) is 36.1 Å². The summed E-state index contributed by atoms with van der Waals surface area (Å²) in [6.07, 6.45) is 6.57. The Morgan fingerprint density at radius 2 is 1.85 bits per heavy atom. The fraction of sp³-hybridized carbons (Fsp3) is 0.778. The Balaban J connectivity index is 0.00000169. The predicted molar refractivity (Wildman–Crippen MR) is 107 cm³/mol. The first-order valence-electron chi connectivity index (χ1n) is 9.23. The number of carbonyl (C=O) groups is 1. The highest BCUT2D eigenvalue weighted by atomic mass is 35.5. The van der Waals surface area contributed by atoms with Gasteiger partial charge in [0.15, 0.2) is 5.76 Å². The summed E-state index contributed by atoms with van der Waals surface area (Å²) in [7, 11) is 0. The highest BCUT2D eigenvalue weighted by molar-refractivity contribution is 5.85. The number of rotatable bonds is 5. The summed E-state index contributed by atoms with van der Waals surface area (Å²) in [5.74, 6) is 1.19. The van der Waals surface area contributed by atoms with Gasteiger partial charge in [-0.1, -0.05) is 24.4 Å². The van der Waals surface area contributed by atoms with Gasteiger partial charge in [-0.2, -0.15) is 0 Å². The van der Waals surface area contributed by atoms with Crippen molar-refractivity contribution >= 4 is 30.7 Å². The van der Waals surface area contributed by atoms with Gasteiger partial charge in [0.05, 0.1) is 12.2 Å². The van der Waals surface area contributed by atoms with Crippen LogP contribution in [0, 0.1) is 12.3 Å². The molecule has 2 heterocycles. The van der Waals surface area contributed by atoms with Crippen LogP contribution in [0.2, 0.25) is 0 Å². The Bertz CT molecular complexity index is 553. The molecule has 0 spiro atoms. The smallest absolute Gasteiger partial charge is 0.223 e. The molecule has 0 aromatic carbocycles. The van der Waals surface area contributed by atoms with Crippen molar-refractivity contribution in [2.24, 2.45) is 11.1 Å². The second kappa shape index (κ2) is 10.5. The van der Waals surface area contributed by atoms with Crippen molar-refractivity contribution in [3.63, 3.8) is 0 Å². The molecule has 6 nitrogen and oxygen atoms in total. The van der Waals surface area contributed by atoms with E-state index >= 15 is 0 Å². The number of amides is 1. The van der Waals surface area contributed by atoms with Crippen LogP contribution in [0.5, 0.6) is 0 Å². The number of hydrogen-bond acceptors (Lipinski definition) is 5. The molecule has 3 rings (SSSR count). The predicted octanol–water partition coefficient (Wildman–Crippen LogP) is 2.77. The minimum absolute atomic E-state index is 0. The number of nitrogens with two attached hydrogens (primary N) is 1. The third-order valence-electron chi connectivity index (χ3n) is 5.65.